The SMILES string of the molecule is CC(=O)N1c2ccc(S(=O)(=O)N3CCOCC3)cc2C[C@H]1C(=O)NCc1cccc(F)c1. The van der Waals surface area contributed by atoms with Gasteiger partial charge in [0.15, 0.2) is 0 Å². The smallest absolute Gasteiger partial charge is 0.243 e. The Balaban J connectivity index is 1.55. The molecule has 1 saturated heterocycles. The third kappa shape index (κ3) is 4.38. The highest BCUT2D eigenvalue weighted by molar-refractivity contribution is 7.89. The van der Waals surface area contributed by atoms with Crippen molar-refractivity contribution in [3.63, 3.8) is 0 Å². The molecule has 170 valence electrons. The molecule has 1 N–H and O–H groups in total. The maximum atomic E-state index is 13.4. The Morgan fingerprint density at radius 2 is 1.91 bits per heavy atom. The number of ether oxygens (including phenoxy) is 1. The first-order valence-electron chi connectivity index (χ1n) is 10.3. The highest BCUT2D eigenvalue weighted by Crippen LogP contribution is 2.35. The molecule has 32 heavy (non-hydrogen) atoms. The molecule has 2 aliphatic heterocycles. The first kappa shape index (κ1) is 22.4. The molecule has 2 aromatic carbocycles. The predicted octanol–water partition coefficient (Wildman–Crippen LogP) is 1.44. The molecule has 0 aromatic heterocycles. The monoisotopic (exact) mass is 461 g/mol. The summed E-state index contributed by atoms with van der Waals surface area (Å²) in [6.07, 6.45) is 0.191. The Morgan fingerprint density at radius 3 is 2.59 bits per heavy atom. The molecule has 1 fully saturated rings. The number of amides is 2. The number of benzene rings is 2. The number of rotatable bonds is 5. The number of hydrogen-bond donors (Lipinski definition) is 1. The van der Waals surface area contributed by atoms with Crippen LogP contribution in [0.5, 0.6) is 0 Å². The van der Waals surface area contributed by atoms with Crippen molar-refractivity contribution in [2.75, 3.05) is 31.2 Å². The molecule has 10 heteroatoms. The Morgan fingerprint density at radius 1 is 1.16 bits per heavy atom. The van der Waals surface area contributed by atoms with Crippen LogP contribution in [0.3, 0.4) is 0 Å². The van der Waals surface area contributed by atoms with E-state index in [0.29, 0.717) is 30.0 Å². The zero-order valence-corrected chi connectivity index (χ0v) is 18.4. The summed E-state index contributed by atoms with van der Waals surface area (Å²) in [4.78, 5) is 26.7. The van der Waals surface area contributed by atoms with Crippen molar-refractivity contribution in [3.05, 3.63) is 59.4 Å². The van der Waals surface area contributed by atoms with Crippen molar-refractivity contribution in [3.8, 4) is 0 Å². The first-order valence-corrected chi connectivity index (χ1v) is 11.7. The first-order chi connectivity index (χ1) is 15.3. The van der Waals surface area contributed by atoms with E-state index in [4.69, 9.17) is 4.74 Å². The number of halogens is 1. The van der Waals surface area contributed by atoms with E-state index in [-0.39, 0.29) is 36.9 Å². The van der Waals surface area contributed by atoms with Gasteiger partial charge in [0.25, 0.3) is 0 Å². The number of nitrogens with one attached hydrogen (secondary N) is 1. The molecule has 2 amide bonds. The average molecular weight is 462 g/mol. The number of hydrogen-bond acceptors (Lipinski definition) is 5. The third-order valence-electron chi connectivity index (χ3n) is 5.64. The second-order valence-corrected chi connectivity index (χ2v) is 9.70. The fourth-order valence-electron chi connectivity index (χ4n) is 4.08. The second kappa shape index (κ2) is 8.97. The lowest BCUT2D eigenvalue weighted by molar-refractivity contribution is -0.125. The lowest BCUT2D eigenvalue weighted by Crippen LogP contribution is -2.47. The van der Waals surface area contributed by atoms with Crippen LogP contribution in [0.4, 0.5) is 10.1 Å². The van der Waals surface area contributed by atoms with E-state index in [1.165, 1.54) is 40.4 Å². The molecule has 4 rings (SSSR count). The van der Waals surface area contributed by atoms with Crippen LogP contribution in [-0.4, -0.2) is 56.9 Å². The van der Waals surface area contributed by atoms with Gasteiger partial charge in [0.1, 0.15) is 11.9 Å². The minimum Gasteiger partial charge on any atom is -0.379 e. The molecular weight excluding hydrogens is 437 g/mol. The van der Waals surface area contributed by atoms with E-state index in [0.717, 1.165) is 0 Å². The highest BCUT2D eigenvalue weighted by Gasteiger charge is 2.38. The summed E-state index contributed by atoms with van der Waals surface area (Å²) in [7, 11) is -3.70. The Kier molecular flexibility index (Phi) is 6.27. The Labute approximate surface area is 186 Å². The molecule has 1 atom stereocenters. The van der Waals surface area contributed by atoms with E-state index in [2.05, 4.69) is 5.32 Å². The van der Waals surface area contributed by atoms with Gasteiger partial charge in [-0.15, -0.1) is 0 Å². The fraction of sp³-hybridized carbons (Fsp3) is 0.364. The summed E-state index contributed by atoms with van der Waals surface area (Å²) in [5.41, 5.74) is 1.73. The van der Waals surface area contributed by atoms with E-state index >= 15 is 0 Å². The average Bonchev–Trinajstić information content (AvgIpc) is 3.17. The van der Waals surface area contributed by atoms with E-state index < -0.39 is 27.8 Å². The summed E-state index contributed by atoms with van der Waals surface area (Å²) >= 11 is 0. The number of sulfonamides is 1. The number of nitrogens with zero attached hydrogens (tertiary/aromatic N) is 2. The molecule has 2 aliphatic rings. The van der Waals surface area contributed by atoms with Gasteiger partial charge in [-0.05, 0) is 41.5 Å². The summed E-state index contributed by atoms with van der Waals surface area (Å²) in [6.45, 7) is 2.73. The van der Waals surface area contributed by atoms with Crippen LogP contribution in [0, 0.1) is 5.82 Å². The van der Waals surface area contributed by atoms with Gasteiger partial charge in [0.05, 0.1) is 18.1 Å². The highest BCUT2D eigenvalue weighted by atomic mass is 32.2. The van der Waals surface area contributed by atoms with Crippen LogP contribution in [0.2, 0.25) is 0 Å². The third-order valence-corrected chi connectivity index (χ3v) is 7.54. The van der Waals surface area contributed by atoms with Crippen LogP contribution in [0.25, 0.3) is 0 Å². The quantitative estimate of drug-likeness (QED) is 0.727. The number of carbonyl (C=O) groups excluding carboxylic acids is 2. The van der Waals surface area contributed by atoms with Crippen molar-refractivity contribution in [1.82, 2.24) is 9.62 Å². The summed E-state index contributed by atoms with van der Waals surface area (Å²) < 4.78 is 46.0. The summed E-state index contributed by atoms with van der Waals surface area (Å²) in [5.74, 6) is -1.11. The maximum absolute atomic E-state index is 13.4. The van der Waals surface area contributed by atoms with Crippen molar-refractivity contribution >= 4 is 27.5 Å². The number of morpholine rings is 1. The molecule has 8 nitrogen and oxygen atoms in total. The van der Waals surface area contributed by atoms with Crippen LogP contribution < -0.4 is 10.2 Å². The van der Waals surface area contributed by atoms with Crippen LogP contribution in [0.1, 0.15) is 18.1 Å². The molecule has 0 radical (unpaired) electrons. The zero-order valence-electron chi connectivity index (χ0n) is 17.6. The summed E-state index contributed by atoms with van der Waals surface area (Å²) in [6, 6.07) is 9.66. The van der Waals surface area contributed by atoms with Gasteiger partial charge in [-0.25, -0.2) is 12.8 Å². The molecule has 2 heterocycles. The van der Waals surface area contributed by atoms with Crippen molar-refractivity contribution in [2.24, 2.45) is 0 Å². The minimum absolute atomic E-state index is 0.117. The number of carbonyl (C=O) groups is 2. The van der Waals surface area contributed by atoms with Crippen LogP contribution in [-0.2, 0) is 37.3 Å². The number of anilines is 1. The molecule has 0 spiro atoms. The molecule has 0 aliphatic carbocycles. The zero-order chi connectivity index (χ0) is 22.9. The predicted molar refractivity (Wildman–Crippen MR) is 115 cm³/mol. The van der Waals surface area contributed by atoms with Crippen LogP contribution in [0.15, 0.2) is 47.4 Å². The largest absolute Gasteiger partial charge is 0.379 e. The normalized spacial score (nSPS) is 18.9. The van der Waals surface area contributed by atoms with Crippen LogP contribution >= 0.6 is 0 Å². The van der Waals surface area contributed by atoms with Gasteiger partial charge in [-0.3, -0.25) is 14.5 Å². The standard InChI is InChI=1S/C22H24FN3O5S/c1-15(27)26-20-6-5-19(32(29,30)25-7-9-31-10-8-25)12-17(20)13-21(26)22(28)24-14-16-3-2-4-18(23)11-16/h2-6,11-12,21H,7-10,13-14H2,1H3,(H,24,28)/t21-/m0/s1. The molecular formula is C22H24FN3O5S. The van der Waals surface area contributed by atoms with Gasteiger partial charge < -0.3 is 10.1 Å². The lowest BCUT2D eigenvalue weighted by atomic mass is 10.1. The van der Waals surface area contributed by atoms with E-state index in [1.54, 1.807) is 18.2 Å². The molecule has 0 unspecified atom stereocenters. The van der Waals surface area contributed by atoms with Crippen molar-refractivity contribution in [2.45, 2.75) is 30.8 Å². The van der Waals surface area contributed by atoms with Gasteiger partial charge in [-0.1, -0.05) is 12.1 Å². The van der Waals surface area contributed by atoms with E-state index in [9.17, 15) is 22.4 Å². The fourth-order valence-corrected chi connectivity index (χ4v) is 5.54. The van der Waals surface area contributed by atoms with Gasteiger partial charge >= 0.3 is 0 Å². The summed E-state index contributed by atoms with van der Waals surface area (Å²) in [5, 5.41) is 2.74. The Hall–Kier alpha value is -2.82. The van der Waals surface area contributed by atoms with Gasteiger partial charge in [0, 0.05) is 38.7 Å². The van der Waals surface area contributed by atoms with Crippen molar-refractivity contribution < 1.29 is 27.1 Å². The minimum atomic E-state index is -3.70. The molecule has 0 saturated carbocycles. The van der Waals surface area contributed by atoms with Gasteiger partial charge in [-0.2, -0.15) is 4.31 Å². The van der Waals surface area contributed by atoms with E-state index in [1.807, 2.05) is 0 Å². The molecule has 0 bridgehead atoms. The second-order valence-electron chi connectivity index (χ2n) is 7.76. The Bertz CT molecular complexity index is 1150. The number of fused-ring (bicyclic) bond motifs is 1. The van der Waals surface area contributed by atoms with Gasteiger partial charge in [0.2, 0.25) is 21.8 Å². The topological polar surface area (TPSA) is 96.0 Å². The lowest BCUT2D eigenvalue weighted by Gasteiger charge is -2.26. The molecule has 2 aromatic rings. The maximum Gasteiger partial charge on any atom is 0.243 e. The van der Waals surface area contributed by atoms with Crippen molar-refractivity contribution in [1.29, 1.82) is 0 Å².